The van der Waals surface area contributed by atoms with Crippen LogP contribution >= 0.6 is 0 Å². The zero-order valence-corrected chi connectivity index (χ0v) is 11.1. The molecular weight excluding hydrogens is 230 g/mol. The summed E-state index contributed by atoms with van der Waals surface area (Å²) in [5.41, 5.74) is 1.91. The van der Waals surface area contributed by atoms with Crippen LogP contribution in [0.4, 0.5) is 0 Å². The highest BCUT2D eigenvalue weighted by Gasteiger charge is 2.42. The number of nitrogens with zero attached hydrogens (tertiary/aromatic N) is 1. The number of pyridine rings is 1. The summed E-state index contributed by atoms with van der Waals surface area (Å²) in [4.78, 5) is 15.9. The number of aromatic nitrogens is 1. The van der Waals surface area contributed by atoms with E-state index in [1.54, 1.807) is 0 Å². The van der Waals surface area contributed by atoms with Crippen molar-refractivity contribution in [2.45, 2.75) is 45.8 Å². The van der Waals surface area contributed by atoms with E-state index in [-0.39, 0.29) is 11.9 Å². The SMILES string of the molecule is CCOC1C(=O)CC1Oc1ccc(C)nc1CC. The Morgan fingerprint density at radius 1 is 1.39 bits per heavy atom. The second kappa shape index (κ2) is 5.48. The zero-order valence-electron chi connectivity index (χ0n) is 11.1. The van der Waals surface area contributed by atoms with Crippen LogP contribution in [-0.4, -0.2) is 29.6 Å². The van der Waals surface area contributed by atoms with Crippen molar-refractivity contribution in [2.24, 2.45) is 0 Å². The molecule has 1 aromatic heterocycles. The molecular formula is C14H19NO3. The maximum absolute atomic E-state index is 11.4. The fourth-order valence-corrected chi connectivity index (χ4v) is 2.07. The van der Waals surface area contributed by atoms with E-state index in [2.05, 4.69) is 4.98 Å². The molecule has 1 aliphatic rings. The van der Waals surface area contributed by atoms with Crippen molar-refractivity contribution in [1.82, 2.24) is 4.98 Å². The van der Waals surface area contributed by atoms with Crippen LogP contribution in [0.1, 0.15) is 31.7 Å². The average Bonchev–Trinajstić information content (AvgIpc) is 2.37. The highest BCUT2D eigenvalue weighted by Crippen LogP contribution is 2.27. The highest BCUT2D eigenvalue weighted by molar-refractivity contribution is 5.90. The van der Waals surface area contributed by atoms with Gasteiger partial charge < -0.3 is 9.47 Å². The van der Waals surface area contributed by atoms with E-state index < -0.39 is 6.10 Å². The molecule has 4 heteroatoms. The van der Waals surface area contributed by atoms with Crippen LogP contribution in [0.15, 0.2) is 12.1 Å². The maximum Gasteiger partial charge on any atom is 0.169 e. The lowest BCUT2D eigenvalue weighted by molar-refractivity contribution is -0.154. The Hall–Kier alpha value is -1.42. The second-order valence-electron chi connectivity index (χ2n) is 4.45. The number of carbonyl (C=O) groups is 1. The molecule has 1 heterocycles. The van der Waals surface area contributed by atoms with Crippen molar-refractivity contribution in [3.8, 4) is 5.75 Å². The molecule has 1 aliphatic carbocycles. The van der Waals surface area contributed by atoms with E-state index in [4.69, 9.17) is 9.47 Å². The Labute approximate surface area is 107 Å². The highest BCUT2D eigenvalue weighted by atomic mass is 16.5. The molecule has 2 atom stereocenters. The Morgan fingerprint density at radius 3 is 2.78 bits per heavy atom. The topological polar surface area (TPSA) is 48.4 Å². The van der Waals surface area contributed by atoms with Crippen molar-refractivity contribution >= 4 is 5.78 Å². The lowest BCUT2D eigenvalue weighted by Crippen LogP contribution is -2.52. The molecule has 2 unspecified atom stereocenters. The fraction of sp³-hybridized carbons (Fsp3) is 0.571. The van der Waals surface area contributed by atoms with Gasteiger partial charge in [-0.1, -0.05) is 6.92 Å². The van der Waals surface area contributed by atoms with E-state index in [0.29, 0.717) is 13.0 Å². The molecule has 0 radical (unpaired) electrons. The van der Waals surface area contributed by atoms with E-state index >= 15 is 0 Å². The monoisotopic (exact) mass is 249 g/mol. The van der Waals surface area contributed by atoms with Gasteiger partial charge in [-0.3, -0.25) is 9.78 Å². The number of hydrogen-bond donors (Lipinski definition) is 0. The van der Waals surface area contributed by atoms with Gasteiger partial charge in [0.25, 0.3) is 0 Å². The first-order valence-corrected chi connectivity index (χ1v) is 6.43. The summed E-state index contributed by atoms with van der Waals surface area (Å²) in [5.74, 6) is 0.894. The Morgan fingerprint density at radius 2 is 2.17 bits per heavy atom. The lowest BCUT2D eigenvalue weighted by atomic mass is 9.90. The van der Waals surface area contributed by atoms with Gasteiger partial charge in [0.2, 0.25) is 0 Å². The van der Waals surface area contributed by atoms with Crippen molar-refractivity contribution in [3.05, 3.63) is 23.5 Å². The fourth-order valence-electron chi connectivity index (χ4n) is 2.07. The smallest absolute Gasteiger partial charge is 0.169 e. The van der Waals surface area contributed by atoms with Gasteiger partial charge >= 0.3 is 0 Å². The van der Waals surface area contributed by atoms with Crippen LogP contribution in [0.5, 0.6) is 5.75 Å². The van der Waals surface area contributed by atoms with Crippen molar-refractivity contribution in [3.63, 3.8) is 0 Å². The summed E-state index contributed by atoms with van der Waals surface area (Å²) < 4.78 is 11.2. The van der Waals surface area contributed by atoms with Crippen molar-refractivity contribution in [2.75, 3.05) is 6.61 Å². The molecule has 0 N–H and O–H groups in total. The van der Waals surface area contributed by atoms with Crippen molar-refractivity contribution < 1.29 is 14.3 Å². The molecule has 2 rings (SSSR count). The number of Topliss-reactive ketones (excluding diaryl/α,β-unsaturated/α-hetero) is 1. The minimum absolute atomic E-state index is 0.125. The minimum atomic E-state index is -0.402. The predicted octanol–water partition coefficient (Wildman–Crippen LogP) is 2.08. The number of carbonyl (C=O) groups excluding carboxylic acids is 1. The zero-order chi connectivity index (χ0) is 13.1. The molecule has 0 bridgehead atoms. The second-order valence-corrected chi connectivity index (χ2v) is 4.45. The largest absolute Gasteiger partial charge is 0.485 e. The summed E-state index contributed by atoms with van der Waals surface area (Å²) in [6.07, 6.45) is 0.687. The number of aryl methyl sites for hydroxylation is 2. The van der Waals surface area contributed by atoms with E-state index in [0.717, 1.165) is 23.6 Å². The van der Waals surface area contributed by atoms with Crippen LogP contribution in [0.2, 0.25) is 0 Å². The normalized spacial score (nSPS) is 22.7. The lowest BCUT2D eigenvalue weighted by Gasteiger charge is -2.34. The van der Waals surface area contributed by atoms with Gasteiger partial charge in [-0.15, -0.1) is 0 Å². The first-order valence-electron chi connectivity index (χ1n) is 6.43. The van der Waals surface area contributed by atoms with E-state index in [1.165, 1.54) is 0 Å². The minimum Gasteiger partial charge on any atom is -0.485 e. The molecule has 98 valence electrons. The third kappa shape index (κ3) is 2.53. The van der Waals surface area contributed by atoms with Crippen LogP contribution in [-0.2, 0) is 16.0 Å². The van der Waals surface area contributed by atoms with Crippen LogP contribution in [0, 0.1) is 6.92 Å². The van der Waals surface area contributed by atoms with E-state index in [1.807, 2.05) is 32.9 Å². The van der Waals surface area contributed by atoms with Gasteiger partial charge in [0, 0.05) is 18.7 Å². The molecule has 18 heavy (non-hydrogen) atoms. The molecule has 0 amide bonds. The van der Waals surface area contributed by atoms with Gasteiger partial charge in [-0.05, 0) is 32.4 Å². The number of hydrogen-bond acceptors (Lipinski definition) is 4. The first-order chi connectivity index (χ1) is 8.65. The summed E-state index contributed by atoms with van der Waals surface area (Å²) in [5, 5.41) is 0. The molecule has 1 fully saturated rings. The van der Waals surface area contributed by atoms with Crippen LogP contribution in [0.25, 0.3) is 0 Å². The number of ether oxygens (including phenoxy) is 2. The van der Waals surface area contributed by atoms with Crippen molar-refractivity contribution in [1.29, 1.82) is 0 Å². The van der Waals surface area contributed by atoms with Crippen LogP contribution < -0.4 is 4.74 Å². The molecule has 0 aliphatic heterocycles. The van der Waals surface area contributed by atoms with Gasteiger partial charge in [-0.2, -0.15) is 0 Å². The summed E-state index contributed by atoms with van der Waals surface area (Å²) in [6, 6.07) is 3.84. The van der Waals surface area contributed by atoms with Crippen LogP contribution in [0.3, 0.4) is 0 Å². The maximum atomic E-state index is 11.4. The quantitative estimate of drug-likeness (QED) is 0.801. The molecule has 0 aromatic carbocycles. The molecule has 4 nitrogen and oxygen atoms in total. The summed E-state index contributed by atoms with van der Waals surface area (Å²) in [6.45, 7) is 6.41. The average molecular weight is 249 g/mol. The van der Waals surface area contributed by atoms with Gasteiger partial charge in [0.1, 0.15) is 11.9 Å². The Bertz CT molecular complexity index is 445. The Balaban J connectivity index is 2.08. The third-order valence-electron chi connectivity index (χ3n) is 3.09. The molecule has 0 saturated heterocycles. The molecule has 1 aromatic rings. The van der Waals surface area contributed by atoms with Gasteiger partial charge in [-0.25, -0.2) is 0 Å². The van der Waals surface area contributed by atoms with Gasteiger partial charge in [0.05, 0.1) is 5.69 Å². The molecule has 1 saturated carbocycles. The Kier molecular flexibility index (Phi) is 3.97. The summed E-state index contributed by atoms with van der Waals surface area (Å²) >= 11 is 0. The number of ketones is 1. The van der Waals surface area contributed by atoms with E-state index in [9.17, 15) is 4.79 Å². The van der Waals surface area contributed by atoms with Gasteiger partial charge in [0.15, 0.2) is 11.9 Å². The first kappa shape index (κ1) is 13.0. The number of rotatable bonds is 5. The third-order valence-corrected chi connectivity index (χ3v) is 3.09. The molecule has 0 spiro atoms. The standard InChI is InChI=1S/C14H19NO3/c1-4-10-12(7-6-9(3)15-10)18-13-8-11(16)14(13)17-5-2/h6-7,13-14H,4-5,8H2,1-3H3. The summed E-state index contributed by atoms with van der Waals surface area (Å²) in [7, 11) is 0. The predicted molar refractivity (Wildman–Crippen MR) is 67.8 cm³/mol.